The van der Waals surface area contributed by atoms with Crippen LogP contribution in [0.25, 0.3) is 0 Å². The van der Waals surface area contributed by atoms with Crippen LogP contribution in [0.5, 0.6) is 0 Å². The lowest BCUT2D eigenvalue weighted by molar-refractivity contribution is 0.462. The summed E-state index contributed by atoms with van der Waals surface area (Å²) in [6.45, 7) is 6.87. The highest BCUT2D eigenvalue weighted by atomic mass is 15.1. The number of nitrogens with zero attached hydrogens (tertiary/aromatic N) is 1. The zero-order valence-electron chi connectivity index (χ0n) is 7.62. The molecule has 0 aliphatic rings. The van der Waals surface area contributed by atoms with Gasteiger partial charge in [-0.25, -0.2) is 0 Å². The van der Waals surface area contributed by atoms with Crippen molar-refractivity contribution in [2.24, 2.45) is 5.73 Å². The Morgan fingerprint density at radius 2 is 1.73 bits per heavy atom. The molecule has 2 N–H and O–H groups in total. The molecule has 0 saturated carbocycles. The molecule has 2 nitrogen and oxygen atoms in total. The van der Waals surface area contributed by atoms with E-state index >= 15 is 0 Å². The first-order valence-corrected chi connectivity index (χ1v) is 3.97. The molecule has 0 saturated heterocycles. The number of nitrogens with two attached hydrogens (primary N) is 1. The van der Waals surface area contributed by atoms with Gasteiger partial charge in [0.2, 0.25) is 0 Å². The van der Waals surface area contributed by atoms with Gasteiger partial charge < -0.3 is 10.6 Å². The number of rotatable bonds is 4. The molecule has 0 radical (unpaired) electrons. The summed E-state index contributed by atoms with van der Waals surface area (Å²) >= 11 is 0. The van der Waals surface area contributed by atoms with Gasteiger partial charge in [0.25, 0.3) is 0 Å². The molecule has 0 heterocycles. The standard InChI is InChI=1S/C9H18N2/c1-4-6-11(7-5-2)8-9(3)10/h4-7,9H,8,10H2,1-3H3. The van der Waals surface area contributed by atoms with Crippen molar-refractivity contribution in [1.82, 2.24) is 4.90 Å². The molecule has 0 aliphatic heterocycles. The first kappa shape index (κ1) is 10.2. The molecule has 0 spiro atoms. The Labute approximate surface area is 69.4 Å². The van der Waals surface area contributed by atoms with Crippen LogP contribution >= 0.6 is 0 Å². The van der Waals surface area contributed by atoms with E-state index in [1.807, 2.05) is 45.3 Å². The lowest BCUT2D eigenvalue weighted by Gasteiger charge is -2.17. The molecule has 11 heavy (non-hydrogen) atoms. The van der Waals surface area contributed by atoms with Gasteiger partial charge in [-0.15, -0.1) is 0 Å². The predicted molar refractivity (Wildman–Crippen MR) is 50.0 cm³/mol. The molecular weight excluding hydrogens is 136 g/mol. The van der Waals surface area contributed by atoms with E-state index in [-0.39, 0.29) is 6.04 Å². The maximum atomic E-state index is 5.64. The number of hydrogen-bond acceptors (Lipinski definition) is 2. The minimum absolute atomic E-state index is 0.211. The monoisotopic (exact) mass is 154 g/mol. The minimum Gasteiger partial charge on any atom is -0.353 e. The molecule has 1 unspecified atom stereocenters. The highest BCUT2D eigenvalue weighted by molar-refractivity contribution is 4.90. The van der Waals surface area contributed by atoms with Crippen LogP contribution in [0.3, 0.4) is 0 Å². The molecular formula is C9H18N2. The Morgan fingerprint density at radius 3 is 2.00 bits per heavy atom. The van der Waals surface area contributed by atoms with Crippen molar-refractivity contribution in [3.8, 4) is 0 Å². The van der Waals surface area contributed by atoms with Crippen LogP contribution in [0, 0.1) is 0 Å². The van der Waals surface area contributed by atoms with Gasteiger partial charge in [0, 0.05) is 12.6 Å². The molecule has 0 aromatic heterocycles. The van der Waals surface area contributed by atoms with Crippen molar-refractivity contribution in [2.45, 2.75) is 26.8 Å². The second kappa shape index (κ2) is 5.98. The van der Waals surface area contributed by atoms with E-state index in [1.165, 1.54) is 0 Å². The third-order valence-electron chi connectivity index (χ3n) is 1.18. The molecule has 0 bridgehead atoms. The van der Waals surface area contributed by atoms with Gasteiger partial charge in [-0.3, -0.25) is 0 Å². The summed E-state index contributed by atoms with van der Waals surface area (Å²) in [4.78, 5) is 2.07. The summed E-state index contributed by atoms with van der Waals surface area (Å²) in [6.07, 6.45) is 8.04. The van der Waals surface area contributed by atoms with Crippen molar-refractivity contribution in [1.29, 1.82) is 0 Å². The average molecular weight is 154 g/mol. The normalized spacial score (nSPS) is 14.5. The fourth-order valence-electron chi connectivity index (χ4n) is 0.887. The zero-order valence-corrected chi connectivity index (χ0v) is 7.62. The largest absolute Gasteiger partial charge is 0.353 e. The van der Waals surface area contributed by atoms with Gasteiger partial charge in [-0.2, -0.15) is 0 Å². The minimum atomic E-state index is 0.211. The van der Waals surface area contributed by atoms with Gasteiger partial charge in [0.1, 0.15) is 0 Å². The number of allylic oxidation sites excluding steroid dienone is 2. The molecule has 1 atom stereocenters. The Kier molecular flexibility index (Phi) is 5.57. The summed E-state index contributed by atoms with van der Waals surface area (Å²) in [6, 6.07) is 0.211. The van der Waals surface area contributed by atoms with E-state index in [1.54, 1.807) is 0 Å². The average Bonchev–Trinajstić information content (AvgIpc) is 1.87. The van der Waals surface area contributed by atoms with E-state index in [0.717, 1.165) is 6.54 Å². The van der Waals surface area contributed by atoms with E-state index in [9.17, 15) is 0 Å². The Morgan fingerprint density at radius 1 is 1.27 bits per heavy atom. The Balaban J connectivity index is 3.89. The lowest BCUT2D eigenvalue weighted by atomic mass is 10.3. The molecule has 0 fully saturated rings. The third-order valence-corrected chi connectivity index (χ3v) is 1.18. The van der Waals surface area contributed by atoms with Crippen LogP contribution in [0.1, 0.15) is 20.8 Å². The lowest BCUT2D eigenvalue weighted by Crippen LogP contribution is -2.28. The van der Waals surface area contributed by atoms with Crippen molar-refractivity contribution in [2.75, 3.05) is 6.54 Å². The predicted octanol–water partition coefficient (Wildman–Crippen LogP) is 1.70. The molecule has 0 amide bonds. The van der Waals surface area contributed by atoms with E-state index < -0.39 is 0 Å². The summed E-state index contributed by atoms with van der Waals surface area (Å²) in [5, 5.41) is 0. The topological polar surface area (TPSA) is 29.3 Å². The molecule has 0 aliphatic carbocycles. The third kappa shape index (κ3) is 5.67. The van der Waals surface area contributed by atoms with E-state index in [0.29, 0.717) is 0 Å². The summed E-state index contributed by atoms with van der Waals surface area (Å²) in [5.41, 5.74) is 5.64. The van der Waals surface area contributed by atoms with Crippen molar-refractivity contribution < 1.29 is 0 Å². The van der Waals surface area contributed by atoms with Crippen molar-refractivity contribution in [3.05, 3.63) is 24.6 Å². The van der Waals surface area contributed by atoms with E-state index in [4.69, 9.17) is 5.73 Å². The molecule has 0 aromatic carbocycles. The Bertz CT molecular complexity index is 124. The molecule has 64 valence electrons. The maximum Gasteiger partial charge on any atom is 0.0368 e. The SMILES string of the molecule is CC=CN(C=CC)CC(C)N. The van der Waals surface area contributed by atoms with Crippen molar-refractivity contribution in [3.63, 3.8) is 0 Å². The van der Waals surface area contributed by atoms with Gasteiger partial charge >= 0.3 is 0 Å². The fraction of sp³-hybridized carbons (Fsp3) is 0.556. The molecule has 2 heteroatoms. The van der Waals surface area contributed by atoms with Crippen LogP contribution in [0.15, 0.2) is 24.6 Å². The van der Waals surface area contributed by atoms with Gasteiger partial charge in [-0.05, 0) is 33.2 Å². The summed E-state index contributed by atoms with van der Waals surface area (Å²) in [7, 11) is 0. The quantitative estimate of drug-likeness (QED) is 0.668. The summed E-state index contributed by atoms with van der Waals surface area (Å²) in [5.74, 6) is 0. The van der Waals surface area contributed by atoms with Crippen LogP contribution in [-0.4, -0.2) is 17.5 Å². The highest BCUT2D eigenvalue weighted by Crippen LogP contribution is 1.93. The Hall–Kier alpha value is -0.760. The van der Waals surface area contributed by atoms with Gasteiger partial charge in [0.05, 0.1) is 0 Å². The van der Waals surface area contributed by atoms with E-state index in [2.05, 4.69) is 4.90 Å². The zero-order chi connectivity index (χ0) is 8.69. The van der Waals surface area contributed by atoms with Gasteiger partial charge in [-0.1, -0.05) is 12.2 Å². The second-order valence-corrected chi connectivity index (χ2v) is 2.64. The van der Waals surface area contributed by atoms with Crippen molar-refractivity contribution >= 4 is 0 Å². The smallest absolute Gasteiger partial charge is 0.0368 e. The molecule has 0 rings (SSSR count). The van der Waals surface area contributed by atoms with Crippen LogP contribution in [0.2, 0.25) is 0 Å². The van der Waals surface area contributed by atoms with Crippen LogP contribution in [-0.2, 0) is 0 Å². The first-order chi connectivity index (χ1) is 5.20. The fourth-order valence-corrected chi connectivity index (χ4v) is 0.887. The molecule has 0 aromatic rings. The first-order valence-electron chi connectivity index (χ1n) is 3.97. The van der Waals surface area contributed by atoms with Gasteiger partial charge in [0.15, 0.2) is 0 Å². The summed E-state index contributed by atoms with van der Waals surface area (Å²) < 4.78 is 0. The van der Waals surface area contributed by atoms with Crippen LogP contribution in [0.4, 0.5) is 0 Å². The highest BCUT2D eigenvalue weighted by Gasteiger charge is 1.96. The maximum absolute atomic E-state index is 5.64. The van der Waals surface area contributed by atoms with Crippen LogP contribution < -0.4 is 5.73 Å². The number of hydrogen-bond donors (Lipinski definition) is 1. The second-order valence-electron chi connectivity index (χ2n) is 2.64.